The number of aromatic amines is 1. The summed E-state index contributed by atoms with van der Waals surface area (Å²) in [6.45, 7) is 3.74. The predicted molar refractivity (Wildman–Crippen MR) is 89.5 cm³/mol. The van der Waals surface area contributed by atoms with Gasteiger partial charge < -0.3 is 19.9 Å². The van der Waals surface area contributed by atoms with Crippen molar-refractivity contribution in [2.75, 3.05) is 0 Å². The first-order valence-electron chi connectivity index (χ1n) is 7.73. The van der Waals surface area contributed by atoms with Crippen LogP contribution in [-0.4, -0.2) is 27.1 Å². The lowest BCUT2D eigenvalue weighted by molar-refractivity contribution is -0.148. The lowest BCUT2D eigenvalue weighted by Crippen LogP contribution is -2.22. The van der Waals surface area contributed by atoms with E-state index in [1.54, 1.807) is 30.3 Å². The van der Waals surface area contributed by atoms with E-state index in [2.05, 4.69) is 4.98 Å². The molecule has 1 aromatic heterocycles. The van der Waals surface area contributed by atoms with E-state index in [1.165, 1.54) is 0 Å². The Morgan fingerprint density at radius 1 is 1.20 bits per heavy atom. The molecule has 0 saturated heterocycles. The van der Waals surface area contributed by atoms with Gasteiger partial charge in [0.2, 0.25) is 0 Å². The van der Waals surface area contributed by atoms with Crippen LogP contribution in [-0.2, 0) is 9.53 Å². The first kappa shape index (κ1) is 18.3. The molecule has 0 bridgehead atoms. The van der Waals surface area contributed by atoms with E-state index < -0.39 is 34.9 Å². The van der Waals surface area contributed by atoms with E-state index in [0.29, 0.717) is 5.56 Å². The summed E-state index contributed by atoms with van der Waals surface area (Å²) in [5.74, 6) is -2.61. The number of carbonyl (C=O) groups excluding carboxylic acids is 1. The van der Waals surface area contributed by atoms with Gasteiger partial charge >= 0.3 is 11.9 Å². The molecule has 0 saturated carbocycles. The van der Waals surface area contributed by atoms with Crippen molar-refractivity contribution in [2.45, 2.75) is 26.4 Å². The van der Waals surface area contributed by atoms with Crippen LogP contribution in [0.25, 0.3) is 0 Å². The number of carboxylic acid groups (broad SMARTS) is 1. The highest BCUT2D eigenvalue weighted by atomic mass is 16.5. The summed E-state index contributed by atoms with van der Waals surface area (Å²) < 4.78 is 5.48. The number of aromatic hydroxyl groups is 1. The van der Waals surface area contributed by atoms with Crippen LogP contribution in [0, 0.1) is 5.92 Å². The molecule has 1 aromatic carbocycles. The zero-order chi connectivity index (χ0) is 18.6. The van der Waals surface area contributed by atoms with Crippen molar-refractivity contribution in [1.82, 2.24) is 4.98 Å². The molecule has 2 rings (SSSR count). The van der Waals surface area contributed by atoms with E-state index in [-0.39, 0.29) is 18.0 Å². The van der Waals surface area contributed by atoms with Gasteiger partial charge in [-0.1, -0.05) is 44.2 Å². The number of nitrogens with one attached hydrogen (secondary N) is 1. The topological polar surface area (TPSA) is 117 Å². The molecule has 0 aliphatic carbocycles. The molecular formula is C18H19NO6. The fraction of sp³-hybridized carbons (Fsp3) is 0.278. The Bertz CT molecular complexity index is 825. The number of carbonyl (C=O) groups is 2. The second-order valence-corrected chi connectivity index (χ2v) is 6.00. The van der Waals surface area contributed by atoms with Crippen LogP contribution >= 0.6 is 0 Å². The number of esters is 1. The summed E-state index contributed by atoms with van der Waals surface area (Å²) in [7, 11) is 0. The Balaban J connectivity index is 2.47. The number of aromatic nitrogens is 1. The van der Waals surface area contributed by atoms with Gasteiger partial charge in [-0.05, 0) is 11.5 Å². The van der Waals surface area contributed by atoms with Gasteiger partial charge in [-0.3, -0.25) is 9.59 Å². The minimum atomic E-state index is -1.54. The maximum absolute atomic E-state index is 12.1. The van der Waals surface area contributed by atoms with Crippen molar-refractivity contribution in [3.63, 3.8) is 0 Å². The average Bonchev–Trinajstić information content (AvgIpc) is 2.51. The normalized spacial score (nSPS) is 12.0. The van der Waals surface area contributed by atoms with E-state index in [0.717, 1.165) is 6.07 Å². The zero-order valence-electron chi connectivity index (χ0n) is 13.9. The molecule has 0 aliphatic heterocycles. The number of H-pyrrole nitrogens is 1. The Morgan fingerprint density at radius 2 is 1.84 bits per heavy atom. The van der Waals surface area contributed by atoms with Crippen molar-refractivity contribution in [3.8, 4) is 5.75 Å². The van der Waals surface area contributed by atoms with Gasteiger partial charge in [-0.15, -0.1) is 0 Å². The van der Waals surface area contributed by atoms with E-state index in [4.69, 9.17) is 9.84 Å². The largest absolute Gasteiger partial charge is 0.507 e. The van der Waals surface area contributed by atoms with Gasteiger partial charge in [0.15, 0.2) is 11.7 Å². The number of hydrogen-bond donors (Lipinski definition) is 3. The van der Waals surface area contributed by atoms with Gasteiger partial charge in [-0.25, -0.2) is 4.79 Å². The zero-order valence-corrected chi connectivity index (χ0v) is 13.9. The molecule has 7 nitrogen and oxygen atoms in total. The minimum absolute atomic E-state index is 0.0887. The monoisotopic (exact) mass is 345 g/mol. The summed E-state index contributed by atoms with van der Waals surface area (Å²) in [5, 5.41) is 18.8. The molecular weight excluding hydrogens is 326 g/mol. The molecule has 7 heteroatoms. The molecule has 132 valence electrons. The molecule has 25 heavy (non-hydrogen) atoms. The van der Waals surface area contributed by atoms with Gasteiger partial charge in [0, 0.05) is 12.5 Å². The molecule has 2 aromatic rings. The molecule has 0 radical (unpaired) electrons. The number of rotatable bonds is 6. The molecule has 1 heterocycles. The standard InChI is InChI=1S/C18H19NO6/c1-10(2)8-14(21)25-16(11-6-4-3-5-7-11)12-9-13(20)15(18(23)24)17(22)19-12/h3-7,9-10,16H,8H2,1-2H3,(H,23,24)(H2,19,20,22)/t16-/m0/s1. The van der Waals surface area contributed by atoms with Crippen LogP contribution in [0.1, 0.15) is 48.0 Å². The van der Waals surface area contributed by atoms with Crippen LogP contribution in [0.4, 0.5) is 0 Å². The van der Waals surface area contributed by atoms with Crippen LogP contribution in [0.15, 0.2) is 41.2 Å². The van der Waals surface area contributed by atoms with Crippen LogP contribution in [0.2, 0.25) is 0 Å². The summed E-state index contributed by atoms with van der Waals surface area (Å²) in [5.41, 5.74) is -1.05. The third-order valence-corrected chi connectivity index (χ3v) is 3.46. The molecule has 0 spiro atoms. The van der Waals surface area contributed by atoms with E-state index >= 15 is 0 Å². The third-order valence-electron chi connectivity index (χ3n) is 3.46. The Hall–Kier alpha value is -3.09. The molecule has 0 aliphatic rings. The highest BCUT2D eigenvalue weighted by Crippen LogP contribution is 2.27. The fourth-order valence-electron chi connectivity index (χ4n) is 2.37. The predicted octanol–water partition coefficient (Wildman–Crippen LogP) is 2.46. The lowest BCUT2D eigenvalue weighted by atomic mass is 10.0. The van der Waals surface area contributed by atoms with E-state index in [1.807, 2.05) is 13.8 Å². The number of ether oxygens (including phenoxy) is 1. The quantitative estimate of drug-likeness (QED) is 0.692. The number of benzene rings is 1. The highest BCUT2D eigenvalue weighted by molar-refractivity contribution is 5.90. The van der Waals surface area contributed by atoms with Crippen molar-refractivity contribution < 1.29 is 24.5 Å². The van der Waals surface area contributed by atoms with Gasteiger partial charge in [-0.2, -0.15) is 0 Å². The van der Waals surface area contributed by atoms with Crippen LogP contribution in [0.3, 0.4) is 0 Å². The van der Waals surface area contributed by atoms with Crippen LogP contribution < -0.4 is 5.56 Å². The maximum atomic E-state index is 12.1. The number of carboxylic acids is 1. The number of hydrogen-bond acceptors (Lipinski definition) is 5. The minimum Gasteiger partial charge on any atom is -0.507 e. The Morgan fingerprint density at radius 3 is 2.36 bits per heavy atom. The Labute approximate surface area is 143 Å². The summed E-state index contributed by atoms with van der Waals surface area (Å²) >= 11 is 0. The molecule has 3 N–H and O–H groups in total. The van der Waals surface area contributed by atoms with Crippen molar-refractivity contribution in [2.24, 2.45) is 5.92 Å². The van der Waals surface area contributed by atoms with Gasteiger partial charge in [0.1, 0.15) is 5.75 Å². The summed E-state index contributed by atoms with van der Waals surface area (Å²) in [4.78, 5) is 37.5. The summed E-state index contributed by atoms with van der Waals surface area (Å²) in [6.07, 6.45) is -0.777. The lowest BCUT2D eigenvalue weighted by Gasteiger charge is -2.19. The molecule has 0 amide bonds. The second-order valence-electron chi connectivity index (χ2n) is 6.00. The fourth-order valence-corrected chi connectivity index (χ4v) is 2.37. The van der Waals surface area contributed by atoms with Crippen molar-refractivity contribution >= 4 is 11.9 Å². The van der Waals surface area contributed by atoms with Gasteiger partial charge in [0.05, 0.1) is 5.69 Å². The molecule has 1 atom stereocenters. The Kier molecular flexibility index (Phi) is 5.59. The first-order chi connectivity index (χ1) is 11.8. The van der Waals surface area contributed by atoms with Crippen molar-refractivity contribution in [3.05, 3.63) is 63.6 Å². The van der Waals surface area contributed by atoms with E-state index in [9.17, 15) is 19.5 Å². The molecule has 0 unspecified atom stereocenters. The summed E-state index contributed by atoms with van der Waals surface area (Å²) in [6, 6.07) is 9.75. The second kappa shape index (κ2) is 7.65. The average molecular weight is 345 g/mol. The smallest absolute Gasteiger partial charge is 0.345 e. The van der Waals surface area contributed by atoms with Crippen LogP contribution in [0.5, 0.6) is 5.75 Å². The highest BCUT2D eigenvalue weighted by Gasteiger charge is 2.24. The SMILES string of the molecule is CC(C)CC(=O)O[C@@H](c1ccccc1)c1cc(O)c(C(=O)O)c(=O)[nH]1. The first-order valence-corrected chi connectivity index (χ1v) is 7.73. The third kappa shape index (κ3) is 4.47. The maximum Gasteiger partial charge on any atom is 0.345 e. The number of aromatic carboxylic acids is 1. The van der Waals surface area contributed by atoms with Gasteiger partial charge in [0.25, 0.3) is 5.56 Å². The number of pyridine rings is 1. The van der Waals surface area contributed by atoms with Crippen molar-refractivity contribution in [1.29, 1.82) is 0 Å². The molecule has 0 fully saturated rings.